The molecule has 2 rings (SSSR count). The van der Waals surface area contributed by atoms with Crippen LogP contribution >= 0.6 is 22.6 Å². The van der Waals surface area contributed by atoms with Gasteiger partial charge in [0.1, 0.15) is 12.4 Å². The van der Waals surface area contributed by atoms with Gasteiger partial charge in [0.2, 0.25) is 0 Å². The first-order valence-corrected chi connectivity index (χ1v) is 9.60. The van der Waals surface area contributed by atoms with Crippen LogP contribution in [-0.2, 0) is 6.61 Å². The van der Waals surface area contributed by atoms with Crippen molar-refractivity contribution in [2.45, 2.75) is 26.4 Å². The van der Waals surface area contributed by atoms with Gasteiger partial charge in [-0.1, -0.05) is 52.9 Å². The number of urea groups is 1. The standard InChI is InChI=1S/C19H23IN2O2/c1-15-13-17(22-19(23)21-12-6-5-11-20)9-10-18(15)24-14-16-7-3-2-4-8-16/h2-4,7-10,13H,5-6,11-12,14H2,1H3,(H2,21,22,23). The van der Waals surface area contributed by atoms with E-state index in [0.29, 0.717) is 13.2 Å². The van der Waals surface area contributed by atoms with Gasteiger partial charge in [0.15, 0.2) is 0 Å². The smallest absolute Gasteiger partial charge is 0.319 e. The summed E-state index contributed by atoms with van der Waals surface area (Å²) in [4.78, 5) is 11.8. The summed E-state index contributed by atoms with van der Waals surface area (Å²) in [5.41, 5.74) is 2.89. The van der Waals surface area contributed by atoms with Crippen LogP contribution in [0.2, 0.25) is 0 Å². The van der Waals surface area contributed by atoms with Crippen LogP contribution in [0.3, 0.4) is 0 Å². The summed E-state index contributed by atoms with van der Waals surface area (Å²) in [7, 11) is 0. The topological polar surface area (TPSA) is 50.4 Å². The molecule has 0 aliphatic heterocycles. The second-order valence-electron chi connectivity index (χ2n) is 5.53. The molecule has 0 bridgehead atoms. The quantitative estimate of drug-likeness (QED) is 0.350. The lowest BCUT2D eigenvalue weighted by atomic mass is 10.2. The van der Waals surface area contributed by atoms with Gasteiger partial charge in [-0.15, -0.1) is 0 Å². The number of hydrogen-bond acceptors (Lipinski definition) is 2. The van der Waals surface area contributed by atoms with Gasteiger partial charge in [-0.3, -0.25) is 0 Å². The first-order valence-electron chi connectivity index (χ1n) is 8.07. The Bertz CT molecular complexity index is 647. The number of amides is 2. The van der Waals surface area contributed by atoms with Crippen molar-refractivity contribution in [1.29, 1.82) is 0 Å². The van der Waals surface area contributed by atoms with Crippen molar-refractivity contribution in [2.24, 2.45) is 0 Å². The highest BCUT2D eigenvalue weighted by molar-refractivity contribution is 14.1. The van der Waals surface area contributed by atoms with Crippen molar-refractivity contribution in [1.82, 2.24) is 5.32 Å². The molecule has 128 valence electrons. The average molecular weight is 438 g/mol. The summed E-state index contributed by atoms with van der Waals surface area (Å²) in [6, 6.07) is 15.6. The average Bonchev–Trinajstić information content (AvgIpc) is 2.59. The third-order valence-corrected chi connectivity index (χ3v) is 4.28. The highest BCUT2D eigenvalue weighted by Crippen LogP contribution is 2.23. The lowest BCUT2D eigenvalue weighted by Gasteiger charge is -2.12. The maximum atomic E-state index is 11.8. The molecule has 0 saturated heterocycles. The van der Waals surface area contributed by atoms with Crippen LogP contribution in [0.25, 0.3) is 0 Å². The second kappa shape index (κ2) is 10.2. The molecule has 0 atom stereocenters. The number of carbonyl (C=O) groups excluding carboxylic acids is 1. The summed E-state index contributed by atoms with van der Waals surface area (Å²) in [6.45, 7) is 3.21. The van der Waals surface area contributed by atoms with Crippen LogP contribution in [0.5, 0.6) is 5.75 Å². The molecule has 0 aromatic heterocycles. The summed E-state index contributed by atoms with van der Waals surface area (Å²) >= 11 is 2.34. The minimum absolute atomic E-state index is 0.166. The fourth-order valence-electron chi connectivity index (χ4n) is 2.22. The summed E-state index contributed by atoms with van der Waals surface area (Å²) in [5, 5.41) is 5.72. The van der Waals surface area contributed by atoms with Gasteiger partial charge >= 0.3 is 6.03 Å². The monoisotopic (exact) mass is 438 g/mol. The molecule has 0 aliphatic rings. The van der Waals surface area contributed by atoms with E-state index in [1.165, 1.54) is 0 Å². The van der Waals surface area contributed by atoms with Crippen molar-refractivity contribution < 1.29 is 9.53 Å². The van der Waals surface area contributed by atoms with E-state index in [-0.39, 0.29) is 6.03 Å². The Kier molecular flexibility index (Phi) is 7.88. The molecule has 24 heavy (non-hydrogen) atoms. The molecule has 0 heterocycles. The normalized spacial score (nSPS) is 10.2. The Morgan fingerprint density at radius 3 is 2.62 bits per heavy atom. The van der Waals surface area contributed by atoms with E-state index in [1.54, 1.807) is 0 Å². The maximum Gasteiger partial charge on any atom is 0.319 e. The van der Waals surface area contributed by atoms with Crippen LogP contribution in [0.4, 0.5) is 10.5 Å². The molecule has 5 heteroatoms. The number of nitrogens with one attached hydrogen (secondary N) is 2. The van der Waals surface area contributed by atoms with Crippen molar-refractivity contribution in [3.8, 4) is 5.75 Å². The van der Waals surface area contributed by atoms with E-state index in [4.69, 9.17) is 4.74 Å². The van der Waals surface area contributed by atoms with E-state index < -0.39 is 0 Å². The summed E-state index contributed by atoms with van der Waals surface area (Å²) in [5.74, 6) is 0.826. The predicted octanol–water partition coefficient (Wildman–Crippen LogP) is 4.91. The number of hydrogen-bond donors (Lipinski definition) is 2. The number of aryl methyl sites for hydroxylation is 1. The molecule has 0 aliphatic carbocycles. The molecule has 2 amide bonds. The van der Waals surface area contributed by atoms with E-state index in [0.717, 1.165) is 39.8 Å². The molecule has 2 N–H and O–H groups in total. The Hall–Kier alpha value is -1.76. The number of ether oxygens (including phenoxy) is 1. The fourth-order valence-corrected chi connectivity index (χ4v) is 2.76. The van der Waals surface area contributed by atoms with Crippen LogP contribution in [-0.4, -0.2) is 17.0 Å². The number of rotatable bonds is 8. The first kappa shape index (κ1) is 18.6. The highest BCUT2D eigenvalue weighted by Gasteiger charge is 2.05. The van der Waals surface area contributed by atoms with Crippen molar-refractivity contribution in [3.63, 3.8) is 0 Å². The van der Waals surface area contributed by atoms with Crippen molar-refractivity contribution in [2.75, 3.05) is 16.3 Å². The summed E-state index contributed by atoms with van der Waals surface area (Å²) in [6.07, 6.45) is 2.12. The molecule has 2 aromatic carbocycles. The van der Waals surface area contributed by atoms with Gasteiger partial charge in [-0.05, 0) is 53.5 Å². The van der Waals surface area contributed by atoms with Crippen LogP contribution in [0.15, 0.2) is 48.5 Å². The molecule has 4 nitrogen and oxygen atoms in total. The van der Waals surface area contributed by atoms with E-state index in [9.17, 15) is 4.79 Å². The number of carbonyl (C=O) groups is 1. The Morgan fingerprint density at radius 2 is 1.92 bits per heavy atom. The van der Waals surface area contributed by atoms with Gasteiger partial charge in [0.25, 0.3) is 0 Å². The van der Waals surface area contributed by atoms with Crippen molar-refractivity contribution >= 4 is 34.3 Å². The predicted molar refractivity (Wildman–Crippen MR) is 107 cm³/mol. The van der Waals surface area contributed by atoms with Crippen LogP contribution < -0.4 is 15.4 Å². The lowest BCUT2D eigenvalue weighted by molar-refractivity contribution is 0.252. The minimum atomic E-state index is -0.166. The summed E-state index contributed by atoms with van der Waals surface area (Å²) < 4.78 is 6.96. The number of alkyl halides is 1. The molecule has 0 fully saturated rings. The van der Waals surface area contributed by atoms with Gasteiger partial charge < -0.3 is 15.4 Å². The van der Waals surface area contributed by atoms with E-state index >= 15 is 0 Å². The van der Waals surface area contributed by atoms with E-state index in [2.05, 4.69) is 33.2 Å². The highest BCUT2D eigenvalue weighted by atomic mass is 127. The largest absolute Gasteiger partial charge is 0.489 e. The molecule has 0 saturated carbocycles. The zero-order valence-electron chi connectivity index (χ0n) is 13.8. The number of halogens is 1. The minimum Gasteiger partial charge on any atom is -0.489 e. The third-order valence-electron chi connectivity index (χ3n) is 3.52. The SMILES string of the molecule is Cc1cc(NC(=O)NCCCCI)ccc1OCc1ccccc1. The third kappa shape index (κ3) is 6.39. The number of anilines is 1. The molecule has 2 aromatic rings. The Morgan fingerprint density at radius 1 is 1.12 bits per heavy atom. The van der Waals surface area contributed by atoms with Crippen molar-refractivity contribution in [3.05, 3.63) is 59.7 Å². The molecular formula is C19H23IN2O2. The number of benzene rings is 2. The van der Waals surface area contributed by atoms with Gasteiger partial charge in [-0.25, -0.2) is 4.79 Å². The zero-order chi connectivity index (χ0) is 17.2. The van der Waals surface area contributed by atoms with E-state index in [1.807, 2.05) is 55.5 Å². The molecule has 0 spiro atoms. The molecular weight excluding hydrogens is 415 g/mol. The van der Waals surface area contributed by atoms with Gasteiger partial charge in [-0.2, -0.15) is 0 Å². The Balaban J connectivity index is 1.84. The second-order valence-corrected chi connectivity index (χ2v) is 6.61. The zero-order valence-corrected chi connectivity index (χ0v) is 16.0. The molecule has 0 radical (unpaired) electrons. The van der Waals surface area contributed by atoms with Crippen LogP contribution in [0, 0.1) is 6.92 Å². The number of unbranched alkanes of at least 4 members (excludes halogenated alkanes) is 1. The lowest BCUT2D eigenvalue weighted by Crippen LogP contribution is -2.29. The van der Waals surface area contributed by atoms with Gasteiger partial charge in [0, 0.05) is 12.2 Å². The van der Waals surface area contributed by atoms with Crippen LogP contribution in [0.1, 0.15) is 24.0 Å². The van der Waals surface area contributed by atoms with Gasteiger partial charge in [0.05, 0.1) is 0 Å². The molecule has 0 unspecified atom stereocenters. The maximum absolute atomic E-state index is 11.8. The fraction of sp³-hybridized carbons (Fsp3) is 0.316. The first-order chi connectivity index (χ1) is 11.7. The Labute approximate surface area is 157 Å².